The molecule has 0 radical (unpaired) electrons. The minimum Gasteiger partial charge on any atom is -0.395 e. The predicted molar refractivity (Wildman–Crippen MR) is 99.7 cm³/mol. The summed E-state index contributed by atoms with van der Waals surface area (Å²) in [5.41, 5.74) is 6.47. The van der Waals surface area contributed by atoms with Gasteiger partial charge in [-0.2, -0.15) is 11.8 Å². The Morgan fingerprint density at radius 3 is 2.70 bits per heavy atom. The molecule has 1 atom stereocenters. The lowest BCUT2D eigenvalue weighted by atomic mass is 10.1. The van der Waals surface area contributed by atoms with E-state index in [4.69, 9.17) is 5.73 Å². The average Bonchev–Trinajstić information content (AvgIpc) is 2.64. The third-order valence-electron chi connectivity index (χ3n) is 3.91. The van der Waals surface area contributed by atoms with E-state index in [0.29, 0.717) is 11.3 Å². The quantitative estimate of drug-likeness (QED) is 0.489. The highest BCUT2D eigenvalue weighted by Crippen LogP contribution is 2.19. The number of carbonyl (C=O) groups is 4. The molecule has 9 nitrogen and oxygen atoms in total. The highest BCUT2D eigenvalue weighted by atomic mass is 32.2. The minimum atomic E-state index is -0.879. The molecule has 0 saturated heterocycles. The van der Waals surface area contributed by atoms with Gasteiger partial charge in [0.05, 0.1) is 19.7 Å². The number of hydrogen-bond donors (Lipinski definition) is 4. The molecule has 0 saturated carbocycles. The molecule has 0 spiro atoms. The maximum atomic E-state index is 12.9. The Bertz CT molecular complexity index is 727. The lowest BCUT2D eigenvalue weighted by Gasteiger charge is -2.23. The molecule has 146 valence electrons. The number of β-amino-alcohol motifs (C(OH)–C–C–N with tert-alkyl or cyclic N) is 1. The van der Waals surface area contributed by atoms with Crippen molar-refractivity contribution >= 4 is 35.4 Å². The standard InChI is InChI=1S/C17H22N4O5S/c18-16(25)13-10-27-9-11-3-1-2-4-12(11)17(26)21(5-6-22)8-15(24)19-7-14(23)20-13/h1-4,13,22H,5-10H2,(H2,18,25)(H,19,24)(H,20,23)/t13-/m0/s1. The highest BCUT2D eigenvalue weighted by molar-refractivity contribution is 7.98. The topological polar surface area (TPSA) is 142 Å². The van der Waals surface area contributed by atoms with E-state index in [1.165, 1.54) is 16.7 Å². The van der Waals surface area contributed by atoms with Gasteiger partial charge in [0.15, 0.2) is 0 Å². The Kier molecular flexibility index (Phi) is 7.62. The molecule has 0 bridgehead atoms. The van der Waals surface area contributed by atoms with E-state index in [1.54, 1.807) is 24.3 Å². The van der Waals surface area contributed by atoms with E-state index in [0.717, 1.165) is 5.56 Å². The van der Waals surface area contributed by atoms with Crippen LogP contribution in [0.15, 0.2) is 24.3 Å². The number of aliphatic hydroxyl groups excluding tert-OH is 1. The Balaban J connectivity index is 2.30. The van der Waals surface area contributed by atoms with Crippen molar-refractivity contribution < 1.29 is 24.3 Å². The maximum Gasteiger partial charge on any atom is 0.254 e. The fourth-order valence-electron chi connectivity index (χ4n) is 2.53. The molecule has 0 unspecified atom stereocenters. The van der Waals surface area contributed by atoms with Gasteiger partial charge in [-0.15, -0.1) is 0 Å². The normalized spacial score (nSPS) is 19.5. The second kappa shape index (κ2) is 9.93. The molecular weight excluding hydrogens is 372 g/mol. The van der Waals surface area contributed by atoms with Gasteiger partial charge in [-0.1, -0.05) is 18.2 Å². The summed E-state index contributed by atoms with van der Waals surface area (Å²) in [5, 5.41) is 14.1. The molecule has 0 fully saturated rings. The first kappa shape index (κ1) is 20.7. The van der Waals surface area contributed by atoms with Crippen molar-refractivity contribution in [2.45, 2.75) is 11.8 Å². The summed E-state index contributed by atoms with van der Waals surface area (Å²) in [4.78, 5) is 49.6. The summed E-state index contributed by atoms with van der Waals surface area (Å²) in [7, 11) is 0. The summed E-state index contributed by atoms with van der Waals surface area (Å²) in [6.45, 7) is -0.946. The van der Waals surface area contributed by atoms with Crippen LogP contribution in [0.25, 0.3) is 0 Å². The summed E-state index contributed by atoms with van der Waals surface area (Å²) < 4.78 is 0. The maximum absolute atomic E-state index is 12.9. The zero-order valence-electron chi connectivity index (χ0n) is 14.6. The lowest BCUT2D eigenvalue weighted by molar-refractivity contribution is -0.128. The number of nitrogens with one attached hydrogen (secondary N) is 2. The van der Waals surface area contributed by atoms with Crippen molar-refractivity contribution in [3.63, 3.8) is 0 Å². The van der Waals surface area contributed by atoms with Crippen LogP contribution in [0.2, 0.25) is 0 Å². The number of hydrogen-bond acceptors (Lipinski definition) is 6. The fourth-order valence-corrected chi connectivity index (χ4v) is 3.61. The van der Waals surface area contributed by atoms with Gasteiger partial charge in [-0.3, -0.25) is 19.2 Å². The first-order valence-corrected chi connectivity index (χ1v) is 9.49. The molecule has 0 aliphatic carbocycles. The number of thioether (sulfide) groups is 1. The van der Waals surface area contributed by atoms with E-state index in [2.05, 4.69) is 10.6 Å². The Morgan fingerprint density at radius 1 is 1.26 bits per heavy atom. The molecule has 1 aliphatic heterocycles. The smallest absolute Gasteiger partial charge is 0.254 e. The van der Waals surface area contributed by atoms with E-state index in [9.17, 15) is 24.3 Å². The van der Waals surface area contributed by atoms with E-state index in [-0.39, 0.29) is 37.9 Å². The third-order valence-corrected chi connectivity index (χ3v) is 4.99. The van der Waals surface area contributed by atoms with E-state index in [1.807, 2.05) is 0 Å². The molecule has 5 N–H and O–H groups in total. The average molecular weight is 394 g/mol. The molecule has 0 aromatic heterocycles. The van der Waals surface area contributed by atoms with Gasteiger partial charge in [-0.25, -0.2) is 0 Å². The minimum absolute atomic E-state index is 0.0102. The highest BCUT2D eigenvalue weighted by Gasteiger charge is 2.23. The zero-order valence-corrected chi connectivity index (χ0v) is 15.5. The monoisotopic (exact) mass is 394 g/mol. The fraction of sp³-hybridized carbons (Fsp3) is 0.412. The van der Waals surface area contributed by atoms with Crippen LogP contribution in [-0.4, -0.2) is 71.7 Å². The van der Waals surface area contributed by atoms with Crippen LogP contribution in [0.1, 0.15) is 15.9 Å². The number of carbonyl (C=O) groups excluding carboxylic acids is 4. The summed E-state index contributed by atoms with van der Waals surface area (Å²) >= 11 is 1.36. The molecule has 10 heteroatoms. The van der Waals surface area contributed by atoms with Gasteiger partial charge < -0.3 is 26.4 Å². The Hall–Kier alpha value is -2.59. The van der Waals surface area contributed by atoms with Crippen molar-refractivity contribution in [2.75, 3.05) is 32.0 Å². The molecular formula is C17H22N4O5S. The predicted octanol–water partition coefficient (Wildman–Crippen LogP) is -1.55. The van der Waals surface area contributed by atoms with Crippen molar-refractivity contribution in [1.82, 2.24) is 15.5 Å². The molecule has 1 aromatic carbocycles. The van der Waals surface area contributed by atoms with Gasteiger partial charge in [0.2, 0.25) is 17.7 Å². The number of primary amides is 1. The summed E-state index contributed by atoms with van der Waals surface area (Å²) in [5.74, 6) is -1.51. The third kappa shape index (κ3) is 5.97. The van der Waals surface area contributed by atoms with Crippen molar-refractivity contribution in [3.05, 3.63) is 35.4 Å². The number of rotatable bonds is 3. The second-order valence-corrected chi connectivity index (χ2v) is 6.95. The molecule has 27 heavy (non-hydrogen) atoms. The van der Waals surface area contributed by atoms with E-state index >= 15 is 0 Å². The largest absolute Gasteiger partial charge is 0.395 e. The van der Waals surface area contributed by atoms with Crippen LogP contribution in [0.5, 0.6) is 0 Å². The van der Waals surface area contributed by atoms with E-state index < -0.39 is 23.8 Å². The van der Waals surface area contributed by atoms with Gasteiger partial charge >= 0.3 is 0 Å². The molecule has 1 aliphatic rings. The number of fused-ring (bicyclic) bond motifs is 1. The summed E-state index contributed by atoms with van der Waals surface area (Å²) in [6.07, 6.45) is 0. The van der Waals surface area contributed by atoms with Crippen LogP contribution in [-0.2, 0) is 20.1 Å². The molecule has 4 amide bonds. The first-order valence-electron chi connectivity index (χ1n) is 8.33. The number of nitrogens with two attached hydrogens (primary N) is 1. The first-order chi connectivity index (χ1) is 12.9. The molecule has 2 rings (SSSR count). The van der Waals surface area contributed by atoms with Crippen molar-refractivity contribution in [2.24, 2.45) is 5.73 Å². The van der Waals surface area contributed by atoms with Gasteiger partial charge in [-0.05, 0) is 11.6 Å². The van der Waals surface area contributed by atoms with Crippen molar-refractivity contribution in [3.8, 4) is 0 Å². The number of nitrogens with zero attached hydrogens (tertiary/aromatic N) is 1. The Morgan fingerprint density at radius 2 is 2.00 bits per heavy atom. The number of benzene rings is 1. The van der Waals surface area contributed by atoms with Gasteiger partial charge in [0.1, 0.15) is 6.04 Å². The zero-order chi connectivity index (χ0) is 19.8. The Labute approximate surface area is 160 Å². The molecule has 1 heterocycles. The van der Waals surface area contributed by atoms with Crippen LogP contribution >= 0.6 is 11.8 Å². The lowest BCUT2D eigenvalue weighted by Crippen LogP contribution is -2.50. The molecule has 1 aromatic rings. The second-order valence-electron chi connectivity index (χ2n) is 5.92. The summed E-state index contributed by atoms with van der Waals surface area (Å²) in [6, 6.07) is 6.05. The SMILES string of the molecule is NC(=O)[C@@H]1CSCc2ccccc2C(=O)N(CCO)CC(=O)NCC(=O)N1. The van der Waals surface area contributed by atoms with Crippen molar-refractivity contribution in [1.29, 1.82) is 0 Å². The van der Waals surface area contributed by atoms with Crippen LogP contribution in [0.4, 0.5) is 0 Å². The van der Waals surface area contributed by atoms with Gasteiger partial charge in [0.25, 0.3) is 5.91 Å². The van der Waals surface area contributed by atoms with Crippen LogP contribution < -0.4 is 16.4 Å². The van der Waals surface area contributed by atoms with Crippen LogP contribution in [0, 0.1) is 0 Å². The van der Waals surface area contributed by atoms with Crippen LogP contribution in [0.3, 0.4) is 0 Å². The number of aliphatic hydroxyl groups is 1. The van der Waals surface area contributed by atoms with Gasteiger partial charge in [0, 0.05) is 23.6 Å². The number of amides is 4.